The van der Waals surface area contributed by atoms with E-state index in [2.05, 4.69) is 20.8 Å². The van der Waals surface area contributed by atoms with Crippen LogP contribution >= 0.6 is 0 Å². The van der Waals surface area contributed by atoms with E-state index in [1.807, 2.05) is 6.92 Å². The largest absolute Gasteiger partial charge is 0.353 e. The van der Waals surface area contributed by atoms with Gasteiger partial charge in [0.05, 0.1) is 18.4 Å². The van der Waals surface area contributed by atoms with E-state index in [0.29, 0.717) is 36.3 Å². The lowest BCUT2D eigenvalue weighted by atomic mass is 9.92. The summed E-state index contributed by atoms with van der Waals surface area (Å²) in [5, 5.41) is 10.1. The first-order chi connectivity index (χ1) is 16.6. The molecule has 0 spiro atoms. The fourth-order valence-electron chi connectivity index (χ4n) is 5.03. The van der Waals surface area contributed by atoms with Gasteiger partial charge in [0.25, 0.3) is 0 Å². The van der Waals surface area contributed by atoms with E-state index in [9.17, 15) is 19.6 Å². The predicted molar refractivity (Wildman–Crippen MR) is 127 cm³/mol. The minimum absolute atomic E-state index is 0.0154. The van der Waals surface area contributed by atoms with Crippen molar-refractivity contribution in [1.29, 1.82) is 0 Å². The van der Waals surface area contributed by atoms with Crippen molar-refractivity contribution in [1.82, 2.24) is 25.4 Å². The summed E-state index contributed by atoms with van der Waals surface area (Å²) < 4.78 is 15.4. The number of carbonyl (C=O) groups is 3. The number of halogens is 1. The van der Waals surface area contributed by atoms with Gasteiger partial charge >= 0.3 is 0 Å². The van der Waals surface area contributed by atoms with Gasteiger partial charge in [0, 0.05) is 27.2 Å². The molecule has 0 bridgehead atoms. The Morgan fingerprint density at radius 1 is 1.26 bits per heavy atom. The second-order valence-corrected chi connectivity index (χ2v) is 9.90. The minimum Gasteiger partial charge on any atom is -0.353 e. The number of hydrazine groups is 1. The number of nitrogens with zero attached hydrogens (tertiary/aromatic N) is 5. The van der Waals surface area contributed by atoms with Crippen molar-refractivity contribution in [2.24, 2.45) is 23.7 Å². The molecule has 1 aromatic heterocycles. The van der Waals surface area contributed by atoms with Gasteiger partial charge in [-0.25, -0.2) is 15.0 Å². The van der Waals surface area contributed by atoms with Gasteiger partial charge in [-0.1, -0.05) is 32.6 Å². The van der Waals surface area contributed by atoms with Gasteiger partial charge < -0.3 is 9.80 Å². The first-order valence-corrected chi connectivity index (χ1v) is 12.1. The van der Waals surface area contributed by atoms with Crippen LogP contribution in [0.5, 0.6) is 0 Å². The standard InChI is InChI=1S/C23H36FN7O4/c1-14-10-30(12-18(14)23(34)29(3)4)21-19(24)20(25-15(2)26-21)27-28-22(33)17(11-31(35)13-32)9-16-7-5-6-8-16/h13-14,16-18,35H,5-12H2,1-4H3,(H,28,33)(H,25,26,27)/t14?,17-,18?/m1/s1. The highest BCUT2D eigenvalue weighted by Crippen LogP contribution is 2.32. The lowest BCUT2D eigenvalue weighted by Crippen LogP contribution is -2.41. The van der Waals surface area contributed by atoms with Crippen LogP contribution in [0.3, 0.4) is 0 Å². The third kappa shape index (κ3) is 6.56. The van der Waals surface area contributed by atoms with Gasteiger partial charge in [0.1, 0.15) is 5.82 Å². The normalized spacial score (nSPS) is 21.0. The third-order valence-electron chi connectivity index (χ3n) is 6.91. The second kappa shape index (κ2) is 11.6. The minimum atomic E-state index is -0.731. The summed E-state index contributed by atoms with van der Waals surface area (Å²) in [5.41, 5.74) is 5.05. The first-order valence-electron chi connectivity index (χ1n) is 12.1. The molecule has 2 heterocycles. The number of amides is 3. The number of carbonyl (C=O) groups excluding carboxylic acids is 3. The molecule has 1 aromatic rings. The Bertz CT molecular complexity index is 925. The average Bonchev–Trinajstić information content (AvgIpc) is 3.47. The van der Waals surface area contributed by atoms with Gasteiger partial charge in [-0.05, 0) is 25.2 Å². The lowest BCUT2D eigenvalue weighted by molar-refractivity contribution is -0.154. The lowest BCUT2D eigenvalue weighted by Gasteiger charge is -2.23. The fourth-order valence-corrected chi connectivity index (χ4v) is 5.03. The van der Waals surface area contributed by atoms with Crippen LogP contribution in [-0.4, -0.2) is 77.1 Å². The molecular weight excluding hydrogens is 457 g/mol. The molecule has 1 aliphatic heterocycles. The van der Waals surface area contributed by atoms with E-state index in [4.69, 9.17) is 0 Å². The predicted octanol–water partition coefficient (Wildman–Crippen LogP) is 1.57. The first kappa shape index (κ1) is 26.6. The summed E-state index contributed by atoms with van der Waals surface area (Å²) in [6, 6.07) is 0. The smallest absolute Gasteiger partial charge is 0.243 e. The quantitative estimate of drug-likeness (QED) is 0.254. The molecule has 11 nitrogen and oxygen atoms in total. The molecule has 2 fully saturated rings. The molecular formula is C23H36FN7O4. The van der Waals surface area contributed by atoms with Gasteiger partial charge in [-0.15, -0.1) is 0 Å². The van der Waals surface area contributed by atoms with Crippen LogP contribution in [0.4, 0.5) is 16.0 Å². The number of aromatic nitrogens is 2. The van der Waals surface area contributed by atoms with Crippen molar-refractivity contribution >= 4 is 29.9 Å². The van der Waals surface area contributed by atoms with Crippen LogP contribution in [-0.2, 0) is 14.4 Å². The second-order valence-electron chi connectivity index (χ2n) is 9.90. The number of nitrogens with one attached hydrogen (secondary N) is 2. The zero-order valence-corrected chi connectivity index (χ0v) is 20.8. The Morgan fingerprint density at radius 3 is 2.57 bits per heavy atom. The summed E-state index contributed by atoms with van der Waals surface area (Å²) >= 11 is 0. The molecule has 2 unspecified atom stereocenters. The van der Waals surface area contributed by atoms with Gasteiger partial charge in [0.2, 0.25) is 24.0 Å². The fraction of sp³-hybridized carbons (Fsp3) is 0.696. The molecule has 1 saturated heterocycles. The summed E-state index contributed by atoms with van der Waals surface area (Å²) in [6.45, 7) is 4.21. The molecule has 3 amide bonds. The Hall–Kier alpha value is -3.02. The van der Waals surface area contributed by atoms with E-state index in [1.165, 1.54) is 4.90 Å². The molecule has 1 aliphatic carbocycles. The maximum atomic E-state index is 15.4. The molecule has 3 rings (SSSR count). The molecule has 2 aliphatic rings. The van der Waals surface area contributed by atoms with Crippen LogP contribution in [0.25, 0.3) is 0 Å². The number of aryl methyl sites for hydroxylation is 1. The van der Waals surface area contributed by atoms with Crippen LogP contribution in [0, 0.1) is 36.4 Å². The van der Waals surface area contributed by atoms with E-state index in [-0.39, 0.29) is 42.3 Å². The molecule has 35 heavy (non-hydrogen) atoms. The SMILES string of the molecule is Cc1nc(NNC(=O)[C@H](CC2CCCC2)CN(O)C=O)c(F)c(N2CC(C)C(C(=O)N(C)C)C2)n1. The van der Waals surface area contributed by atoms with Gasteiger partial charge in [0.15, 0.2) is 11.6 Å². The van der Waals surface area contributed by atoms with Crippen molar-refractivity contribution in [3.8, 4) is 0 Å². The van der Waals surface area contributed by atoms with Crippen molar-refractivity contribution < 1.29 is 24.0 Å². The Labute approximate surface area is 205 Å². The number of rotatable bonds is 10. The third-order valence-corrected chi connectivity index (χ3v) is 6.91. The topological polar surface area (TPSA) is 131 Å². The zero-order valence-electron chi connectivity index (χ0n) is 20.8. The van der Waals surface area contributed by atoms with Crippen LogP contribution < -0.4 is 15.8 Å². The maximum absolute atomic E-state index is 15.4. The molecule has 12 heteroatoms. The molecule has 3 N–H and O–H groups in total. The van der Waals surface area contributed by atoms with Crippen LogP contribution in [0.2, 0.25) is 0 Å². The molecule has 1 saturated carbocycles. The summed E-state index contributed by atoms with van der Waals surface area (Å²) in [5.74, 6) is -1.61. The van der Waals surface area contributed by atoms with E-state index in [1.54, 1.807) is 25.9 Å². The zero-order chi connectivity index (χ0) is 25.7. The monoisotopic (exact) mass is 493 g/mol. The van der Waals surface area contributed by atoms with Crippen molar-refractivity contribution in [2.45, 2.75) is 46.0 Å². The highest BCUT2D eigenvalue weighted by atomic mass is 19.1. The van der Waals surface area contributed by atoms with Crippen molar-refractivity contribution in [3.05, 3.63) is 11.6 Å². The van der Waals surface area contributed by atoms with E-state index >= 15 is 4.39 Å². The highest BCUT2D eigenvalue weighted by Gasteiger charge is 2.38. The average molecular weight is 494 g/mol. The number of hydrogen-bond acceptors (Lipinski definition) is 8. The van der Waals surface area contributed by atoms with E-state index < -0.39 is 17.6 Å². The van der Waals surface area contributed by atoms with E-state index in [0.717, 1.165) is 25.7 Å². The van der Waals surface area contributed by atoms with Crippen LogP contribution in [0.1, 0.15) is 44.9 Å². The van der Waals surface area contributed by atoms with Crippen LogP contribution in [0.15, 0.2) is 0 Å². The number of hydrogen-bond donors (Lipinski definition) is 3. The summed E-state index contributed by atoms with van der Waals surface area (Å²) in [7, 11) is 3.39. The molecule has 194 valence electrons. The highest BCUT2D eigenvalue weighted by molar-refractivity contribution is 5.81. The summed E-state index contributed by atoms with van der Waals surface area (Å²) in [4.78, 5) is 47.8. The Balaban J connectivity index is 1.71. The Kier molecular flexibility index (Phi) is 8.82. The maximum Gasteiger partial charge on any atom is 0.243 e. The number of hydroxylamine groups is 2. The summed E-state index contributed by atoms with van der Waals surface area (Å²) in [6.07, 6.45) is 4.96. The van der Waals surface area contributed by atoms with Gasteiger partial charge in [-0.2, -0.15) is 4.39 Å². The molecule has 3 atom stereocenters. The van der Waals surface area contributed by atoms with Crippen molar-refractivity contribution in [2.75, 3.05) is 44.1 Å². The molecule has 0 radical (unpaired) electrons. The van der Waals surface area contributed by atoms with Crippen molar-refractivity contribution in [3.63, 3.8) is 0 Å². The molecule has 0 aromatic carbocycles. The van der Waals surface area contributed by atoms with Gasteiger partial charge in [-0.3, -0.25) is 30.4 Å². The number of anilines is 2. The Morgan fingerprint density at radius 2 is 1.94 bits per heavy atom.